The van der Waals surface area contributed by atoms with Crippen LogP contribution in [0.4, 0.5) is 28.9 Å². The predicted molar refractivity (Wildman–Crippen MR) is 112 cm³/mol. The van der Waals surface area contributed by atoms with Crippen LogP contribution >= 0.6 is 0 Å². The summed E-state index contributed by atoms with van der Waals surface area (Å²) >= 11 is 0. The summed E-state index contributed by atoms with van der Waals surface area (Å²) in [5, 5.41) is 0. The average Bonchev–Trinajstić information content (AvgIpc) is 2.97. The number of hydrogen-bond donors (Lipinski definition) is 0. The van der Waals surface area contributed by atoms with Gasteiger partial charge in [-0.05, 0) is 43.0 Å². The molecule has 2 aromatic rings. The largest absolute Gasteiger partial charge is 0.280 e. The second kappa shape index (κ2) is 10.6. The van der Waals surface area contributed by atoms with Crippen LogP contribution in [-0.4, -0.2) is 16.9 Å². The normalized spacial score (nSPS) is 13.2. The van der Waals surface area contributed by atoms with E-state index in [-0.39, 0.29) is 13.1 Å². The number of alkyl halides is 2. The SMILES string of the molecule is C.C=C1C(C)=Nc2cc(F)c(F)cc21.CC.FC(F)c1cc2c(cn1)N=CCC2. The number of rotatable bonds is 1. The smallest absolute Gasteiger partial charge is 0.259 e. The number of aromatic nitrogens is 1. The molecule has 1 aromatic carbocycles. The number of nitrogens with zero attached hydrogens (tertiary/aromatic N) is 3. The van der Waals surface area contributed by atoms with E-state index in [0.717, 1.165) is 36.2 Å². The highest BCUT2D eigenvalue weighted by molar-refractivity contribution is 6.27. The van der Waals surface area contributed by atoms with Crippen molar-refractivity contribution in [1.29, 1.82) is 0 Å². The Hall–Kier alpha value is -2.83. The highest BCUT2D eigenvalue weighted by Crippen LogP contribution is 2.35. The molecule has 0 saturated heterocycles. The molecule has 1 aromatic heterocycles. The minimum atomic E-state index is -2.49. The van der Waals surface area contributed by atoms with Crippen molar-refractivity contribution in [2.45, 2.75) is 47.5 Å². The van der Waals surface area contributed by atoms with Crippen molar-refractivity contribution in [3.63, 3.8) is 0 Å². The number of fused-ring (bicyclic) bond motifs is 2. The Labute approximate surface area is 168 Å². The van der Waals surface area contributed by atoms with E-state index >= 15 is 0 Å². The molecule has 3 heterocycles. The van der Waals surface area contributed by atoms with Gasteiger partial charge in [-0.2, -0.15) is 0 Å². The van der Waals surface area contributed by atoms with E-state index in [2.05, 4.69) is 21.5 Å². The Morgan fingerprint density at radius 2 is 1.69 bits per heavy atom. The van der Waals surface area contributed by atoms with Crippen LogP contribution in [0.1, 0.15) is 57.9 Å². The first-order valence-electron chi connectivity index (χ1n) is 8.90. The molecule has 0 fully saturated rings. The fraction of sp³-hybridized carbons (Fsp3) is 0.318. The van der Waals surface area contributed by atoms with Gasteiger partial charge in [-0.25, -0.2) is 17.6 Å². The second-order valence-corrected chi connectivity index (χ2v) is 5.85. The number of aryl methyl sites for hydroxylation is 1. The molecule has 0 bridgehead atoms. The summed E-state index contributed by atoms with van der Waals surface area (Å²) in [5.74, 6) is -1.73. The lowest BCUT2D eigenvalue weighted by Gasteiger charge is -2.09. The fourth-order valence-corrected chi connectivity index (χ4v) is 2.64. The molecule has 0 atom stereocenters. The molecule has 0 saturated carbocycles. The maximum absolute atomic E-state index is 12.8. The van der Waals surface area contributed by atoms with Gasteiger partial charge in [0.25, 0.3) is 6.43 Å². The van der Waals surface area contributed by atoms with Gasteiger partial charge in [0.1, 0.15) is 5.69 Å². The molecule has 2 aliphatic rings. The number of hydrogen-bond acceptors (Lipinski definition) is 3. The first-order valence-corrected chi connectivity index (χ1v) is 8.90. The first-order chi connectivity index (χ1) is 13.4. The molecule has 0 unspecified atom stereocenters. The summed E-state index contributed by atoms with van der Waals surface area (Å²) in [6.45, 7) is 9.49. The van der Waals surface area contributed by atoms with E-state index in [1.165, 1.54) is 12.3 Å². The van der Waals surface area contributed by atoms with Gasteiger partial charge in [-0.1, -0.05) is 27.9 Å². The van der Waals surface area contributed by atoms with Gasteiger partial charge in [0.05, 0.1) is 17.6 Å². The lowest BCUT2D eigenvalue weighted by Crippen LogP contribution is -1.98. The molecule has 2 aliphatic heterocycles. The third-order valence-corrected chi connectivity index (χ3v) is 4.07. The monoisotopic (exact) mass is 407 g/mol. The van der Waals surface area contributed by atoms with Crippen LogP contribution < -0.4 is 0 Å². The Morgan fingerprint density at radius 1 is 1.03 bits per heavy atom. The molecule has 7 heteroatoms. The van der Waals surface area contributed by atoms with Crippen LogP contribution in [-0.2, 0) is 6.42 Å². The molecular formula is C22H25F4N3. The van der Waals surface area contributed by atoms with Crippen molar-refractivity contribution >= 4 is 28.9 Å². The Morgan fingerprint density at radius 3 is 2.34 bits per heavy atom. The minimum Gasteiger partial charge on any atom is -0.259 e. The zero-order valence-electron chi connectivity index (χ0n) is 15.9. The molecule has 0 spiro atoms. The predicted octanol–water partition coefficient (Wildman–Crippen LogP) is 7.41. The number of allylic oxidation sites excluding steroid dienone is 1. The zero-order valence-corrected chi connectivity index (χ0v) is 15.9. The van der Waals surface area contributed by atoms with Crippen molar-refractivity contribution in [1.82, 2.24) is 4.98 Å². The molecule has 3 nitrogen and oxygen atoms in total. The van der Waals surface area contributed by atoms with Crippen LogP contribution in [0.3, 0.4) is 0 Å². The molecule has 0 N–H and O–H groups in total. The second-order valence-electron chi connectivity index (χ2n) is 5.85. The van der Waals surface area contributed by atoms with Gasteiger partial charge < -0.3 is 0 Å². The van der Waals surface area contributed by atoms with Crippen LogP contribution in [0.5, 0.6) is 0 Å². The van der Waals surface area contributed by atoms with Crippen molar-refractivity contribution in [2.24, 2.45) is 9.98 Å². The van der Waals surface area contributed by atoms with Crippen molar-refractivity contribution in [3.8, 4) is 0 Å². The highest BCUT2D eigenvalue weighted by Gasteiger charge is 2.18. The Bertz CT molecular complexity index is 934. The summed E-state index contributed by atoms with van der Waals surface area (Å²) in [7, 11) is 0. The standard InChI is InChI=1S/C10H7F2N.C9H8F2N2.C2H6.CH4/c1-5-6(2)13-10-4-9(12)8(11)3-7(5)10;10-9(11)7-4-6-2-1-3-12-8(6)5-13-7;1-2;/h3-4H,1H2,2H3;3-5,9H,1-2H2;1-2H3;1H4. The van der Waals surface area contributed by atoms with Crippen LogP contribution in [0.2, 0.25) is 0 Å². The van der Waals surface area contributed by atoms with Crippen molar-refractivity contribution in [2.75, 3.05) is 0 Å². The number of pyridine rings is 1. The third kappa shape index (κ3) is 5.59. The van der Waals surface area contributed by atoms with Gasteiger partial charge in [0, 0.05) is 23.6 Å². The number of aliphatic imine (C=N–C) groups is 2. The van der Waals surface area contributed by atoms with Gasteiger partial charge in [0.2, 0.25) is 0 Å². The zero-order chi connectivity index (χ0) is 20.8. The van der Waals surface area contributed by atoms with Crippen LogP contribution in [0.15, 0.2) is 41.0 Å². The van der Waals surface area contributed by atoms with E-state index in [0.29, 0.717) is 22.5 Å². The quantitative estimate of drug-likeness (QED) is 0.453. The van der Waals surface area contributed by atoms with E-state index in [4.69, 9.17) is 0 Å². The van der Waals surface area contributed by atoms with E-state index < -0.39 is 18.1 Å². The summed E-state index contributed by atoms with van der Waals surface area (Å²) in [6.07, 6.45) is 2.30. The van der Waals surface area contributed by atoms with E-state index in [1.54, 1.807) is 13.1 Å². The molecule has 29 heavy (non-hydrogen) atoms. The maximum atomic E-state index is 12.8. The van der Waals surface area contributed by atoms with Crippen molar-refractivity contribution in [3.05, 3.63) is 59.4 Å². The summed E-state index contributed by atoms with van der Waals surface area (Å²) < 4.78 is 50.0. The Kier molecular flexibility index (Phi) is 8.88. The van der Waals surface area contributed by atoms with Gasteiger partial charge in [-0.3, -0.25) is 15.0 Å². The van der Waals surface area contributed by atoms with Crippen LogP contribution in [0.25, 0.3) is 5.57 Å². The molecule has 0 amide bonds. The van der Waals surface area contributed by atoms with Crippen molar-refractivity contribution < 1.29 is 17.6 Å². The molecular weight excluding hydrogens is 382 g/mol. The average molecular weight is 407 g/mol. The Balaban J connectivity index is 0.000000259. The number of halogens is 4. The molecule has 4 rings (SSSR count). The van der Waals surface area contributed by atoms with Crippen LogP contribution in [0, 0.1) is 11.6 Å². The minimum absolute atomic E-state index is 0. The lowest BCUT2D eigenvalue weighted by molar-refractivity contribution is 0.146. The van der Waals surface area contributed by atoms with E-state index in [9.17, 15) is 17.6 Å². The first kappa shape index (κ1) is 24.2. The lowest BCUT2D eigenvalue weighted by atomic mass is 10.1. The van der Waals surface area contributed by atoms with Gasteiger partial charge in [-0.15, -0.1) is 0 Å². The summed E-state index contributed by atoms with van der Waals surface area (Å²) in [5.41, 5.74) is 3.84. The highest BCUT2D eigenvalue weighted by atomic mass is 19.3. The maximum Gasteiger partial charge on any atom is 0.280 e. The summed E-state index contributed by atoms with van der Waals surface area (Å²) in [6, 6.07) is 3.66. The topological polar surface area (TPSA) is 37.6 Å². The van der Waals surface area contributed by atoms with Gasteiger partial charge in [0.15, 0.2) is 11.6 Å². The molecule has 0 aliphatic carbocycles. The fourth-order valence-electron chi connectivity index (χ4n) is 2.64. The van der Waals surface area contributed by atoms with E-state index in [1.807, 2.05) is 13.8 Å². The van der Waals surface area contributed by atoms with Gasteiger partial charge >= 0.3 is 0 Å². The third-order valence-electron chi connectivity index (χ3n) is 4.07. The molecule has 0 radical (unpaired) electrons. The molecule has 156 valence electrons. The number of benzene rings is 1. The summed E-state index contributed by atoms with van der Waals surface area (Å²) in [4.78, 5) is 11.7.